The molecule has 0 fully saturated rings. The van der Waals surface area contributed by atoms with Crippen molar-refractivity contribution < 1.29 is 13.2 Å². The highest BCUT2D eigenvalue weighted by molar-refractivity contribution is 7.98. The standard InChI is InChI=1S/C7H4BF3S/c1-12-7-3(8)2-4(9)5(10)6(7)11/h2H,1H3/q-1. The van der Waals surface area contributed by atoms with Gasteiger partial charge in [0.15, 0.2) is 17.5 Å². The molecule has 3 radical (unpaired) electrons. The number of hydrogen-bond donors (Lipinski definition) is 0. The summed E-state index contributed by atoms with van der Waals surface area (Å²) in [7, 11) is 5.23. The van der Waals surface area contributed by atoms with Gasteiger partial charge in [0.1, 0.15) is 0 Å². The van der Waals surface area contributed by atoms with Crippen LogP contribution >= 0.6 is 11.8 Å². The van der Waals surface area contributed by atoms with Crippen LogP contribution in [0, 0.1) is 17.5 Å². The molecule has 0 amide bonds. The van der Waals surface area contributed by atoms with Crippen LogP contribution in [0.2, 0.25) is 0 Å². The first-order valence-electron chi connectivity index (χ1n) is 3.05. The summed E-state index contributed by atoms with van der Waals surface area (Å²) >= 11 is 0.938. The predicted molar refractivity (Wildman–Crippen MR) is 43.5 cm³/mol. The number of rotatable bonds is 1. The first-order chi connectivity index (χ1) is 5.57. The summed E-state index contributed by atoms with van der Waals surface area (Å²) in [5, 5.41) is 0. The van der Waals surface area contributed by atoms with Gasteiger partial charge in [-0.15, -0.1) is 11.8 Å². The fourth-order valence-electron chi connectivity index (χ4n) is 0.804. The van der Waals surface area contributed by atoms with E-state index < -0.39 is 17.5 Å². The Morgan fingerprint density at radius 1 is 1.25 bits per heavy atom. The van der Waals surface area contributed by atoms with Gasteiger partial charge >= 0.3 is 0 Å². The highest BCUT2D eigenvalue weighted by Gasteiger charge is 2.11. The van der Waals surface area contributed by atoms with Gasteiger partial charge in [-0.2, -0.15) is 0 Å². The van der Waals surface area contributed by atoms with Crippen molar-refractivity contribution in [3.8, 4) is 0 Å². The van der Waals surface area contributed by atoms with Gasteiger partial charge in [0, 0.05) is 4.90 Å². The lowest BCUT2D eigenvalue weighted by molar-refractivity contribution is 0.437. The van der Waals surface area contributed by atoms with E-state index in [4.69, 9.17) is 7.85 Å². The minimum absolute atomic E-state index is 0.0612. The second kappa shape index (κ2) is 3.43. The lowest BCUT2D eigenvalue weighted by Crippen LogP contribution is -2.12. The summed E-state index contributed by atoms with van der Waals surface area (Å²) in [5.41, 5.74) is -0.0844. The van der Waals surface area contributed by atoms with E-state index in [-0.39, 0.29) is 10.4 Å². The third kappa shape index (κ3) is 1.46. The number of benzene rings is 1. The summed E-state index contributed by atoms with van der Waals surface area (Å²) in [5.74, 6) is -3.96. The third-order valence-electron chi connectivity index (χ3n) is 1.35. The third-order valence-corrected chi connectivity index (χ3v) is 2.17. The van der Waals surface area contributed by atoms with Crippen LogP contribution in [-0.2, 0) is 0 Å². The second-order valence-corrected chi connectivity index (χ2v) is 2.93. The quantitative estimate of drug-likeness (QED) is 0.366. The Kier molecular flexibility index (Phi) is 2.72. The zero-order valence-electron chi connectivity index (χ0n) is 6.20. The van der Waals surface area contributed by atoms with Gasteiger partial charge < -0.3 is 7.85 Å². The average molecular weight is 188 g/mol. The Hall–Kier alpha value is -0.575. The molecule has 1 aromatic carbocycles. The second-order valence-electron chi connectivity index (χ2n) is 2.11. The maximum Gasteiger partial charge on any atom is 0.195 e. The van der Waals surface area contributed by atoms with Crippen LogP contribution < -0.4 is 5.46 Å². The minimum atomic E-state index is -1.48. The summed E-state index contributed by atoms with van der Waals surface area (Å²) < 4.78 is 37.8. The molecule has 63 valence electrons. The number of hydrogen-bond acceptors (Lipinski definition) is 1. The van der Waals surface area contributed by atoms with Crippen molar-refractivity contribution in [2.75, 3.05) is 6.26 Å². The van der Waals surface area contributed by atoms with Crippen molar-refractivity contribution in [2.24, 2.45) is 0 Å². The van der Waals surface area contributed by atoms with Gasteiger partial charge in [0.2, 0.25) is 0 Å². The molecule has 0 N–H and O–H groups in total. The molecule has 1 aromatic rings. The monoisotopic (exact) mass is 188 g/mol. The molecule has 0 aliphatic rings. The van der Waals surface area contributed by atoms with Crippen molar-refractivity contribution in [2.45, 2.75) is 4.90 Å². The largest absolute Gasteiger partial charge is 0.579 e. The van der Waals surface area contributed by atoms with Crippen molar-refractivity contribution in [3.63, 3.8) is 0 Å². The number of halogens is 3. The first-order valence-corrected chi connectivity index (χ1v) is 4.27. The highest BCUT2D eigenvalue weighted by atomic mass is 32.2. The summed E-state index contributed by atoms with van der Waals surface area (Å²) in [6.45, 7) is 0. The minimum Gasteiger partial charge on any atom is -0.579 e. The first kappa shape index (κ1) is 9.51. The van der Waals surface area contributed by atoms with E-state index in [0.717, 1.165) is 17.8 Å². The maximum absolute atomic E-state index is 12.8. The molecule has 0 nitrogen and oxygen atoms in total. The van der Waals surface area contributed by atoms with E-state index >= 15 is 0 Å². The van der Waals surface area contributed by atoms with E-state index in [2.05, 4.69) is 0 Å². The van der Waals surface area contributed by atoms with Crippen LogP contribution in [0.1, 0.15) is 0 Å². The van der Waals surface area contributed by atoms with Crippen LogP contribution in [0.15, 0.2) is 11.0 Å². The molecule has 0 saturated heterocycles. The molecule has 1 rings (SSSR count). The topological polar surface area (TPSA) is 0 Å². The van der Waals surface area contributed by atoms with Gasteiger partial charge in [0.25, 0.3) is 0 Å². The zero-order valence-corrected chi connectivity index (χ0v) is 7.01. The smallest absolute Gasteiger partial charge is 0.195 e. The van der Waals surface area contributed by atoms with Crippen LogP contribution in [0.5, 0.6) is 0 Å². The number of thioether (sulfide) groups is 1. The predicted octanol–water partition coefficient (Wildman–Crippen LogP) is 1.62. The van der Waals surface area contributed by atoms with Gasteiger partial charge in [-0.1, -0.05) is 6.07 Å². The molecule has 0 aromatic heterocycles. The van der Waals surface area contributed by atoms with Gasteiger partial charge in [0.05, 0.1) is 0 Å². The molecule has 12 heavy (non-hydrogen) atoms. The molecule has 0 bridgehead atoms. The zero-order chi connectivity index (χ0) is 9.30. The van der Waals surface area contributed by atoms with E-state index in [1.54, 1.807) is 0 Å². The Bertz CT molecular complexity index is 314. The molecular formula is C7H4BF3S-. The van der Waals surface area contributed by atoms with E-state index in [1.165, 1.54) is 6.26 Å². The van der Waals surface area contributed by atoms with E-state index in [0.29, 0.717) is 0 Å². The summed E-state index contributed by atoms with van der Waals surface area (Å²) in [4.78, 5) is -0.0612. The van der Waals surface area contributed by atoms with Crippen LogP contribution in [0.4, 0.5) is 13.2 Å². The lowest BCUT2D eigenvalue weighted by atomic mass is 9.96. The Morgan fingerprint density at radius 3 is 2.33 bits per heavy atom. The molecule has 5 heteroatoms. The summed E-state index contributed by atoms with van der Waals surface area (Å²) in [6, 6.07) is 0.768. The maximum atomic E-state index is 12.8. The SMILES string of the molecule is [B-]c1cc(F)c(F)c(F)c1SC. The molecule has 0 heterocycles. The van der Waals surface area contributed by atoms with Gasteiger partial charge in [-0.05, 0) is 6.26 Å². The van der Waals surface area contributed by atoms with Crippen molar-refractivity contribution >= 4 is 25.1 Å². The fraction of sp³-hybridized carbons (Fsp3) is 0.143. The van der Waals surface area contributed by atoms with Crippen LogP contribution in [-0.4, -0.2) is 14.1 Å². The van der Waals surface area contributed by atoms with Gasteiger partial charge in [-0.3, -0.25) is 5.46 Å². The van der Waals surface area contributed by atoms with Crippen molar-refractivity contribution in [1.29, 1.82) is 0 Å². The average Bonchev–Trinajstić information content (AvgIpc) is 2.01. The molecule has 0 atom stereocenters. The van der Waals surface area contributed by atoms with Crippen LogP contribution in [0.3, 0.4) is 0 Å². The van der Waals surface area contributed by atoms with Crippen LogP contribution in [0.25, 0.3) is 0 Å². The molecule has 0 spiro atoms. The van der Waals surface area contributed by atoms with Gasteiger partial charge in [-0.25, -0.2) is 13.2 Å². The Balaban J connectivity index is 3.40. The molecular weight excluding hydrogens is 184 g/mol. The lowest BCUT2D eigenvalue weighted by Gasteiger charge is -2.14. The molecule has 0 aliphatic heterocycles. The molecule has 0 aliphatic carbocycles. The highest BCUT2D eigenvalue weighted by Crippen LogP contribution is 2.20. The molecule has 0 saturated carbocycles. The fourth-order valence-corrected chi connectivity index (χ4v) is 1.37. The Morgan fingerprint density at radius 2 is 1.83 bits per heavy atom. The summed E-state index contributed by atoms with van der Waals surface area (Å²) in [6.07, 6.45) is 1.53. The molecule has 0 unspecified atom stereocenters. The normalized spacial score (nSPS) is 10.4. The van der Waals surface area contributed by atoms with Crippen molar-refractivity contribution in [3.05, 3.63) is 23.5 Å². The Labute approximate surface area is 73.6 Å². The van der Waals surface area contributed by atoms with E-state index in [1.807, 2.05) is 0 Å². The van der Waals surface area contributed by atoms with E-state index in [9.17, 15) is 13.2 Å². The van der Waals surface area contributed by atoms with Crippen molar-refractivity contribution in [1.82, 2.24) is 0 Å².